The van der Waals surface area contributed by atoms with Gasteiger partial charge in [0.1, 0.15) is 5.75 Å². The number of ether oxygens (including phenoxy) is 1. The standard InChI is InChI=1S/C26H29N3O2/c1-31-23-13-6-11-21(18-23)25-26(28-16-15-27-25)22-12-7-17-29(19-22)24(30)14-5-10-20-8-3-2-4-9-20/h2-4,6,8-9,11,13,15-16,18,22H,5,7,10,12,14,17,19H2,1H3/t22-/m0/s1. The molecule has 1 fully saturated rings. The molecule has 31 heavy (non-hydrogen) atoms. The van der Waals surface area contributed by atoms with Crippen LogP contribution in [0, 0.1) is 0 Å². The van der Waals surface area contributed by atoms with Crippen molar-refractivity contribution >= 4 is 5.91 Å². The van der Waals surface area contributed by atoms with Gasteiger partial charge in [0.15, 0.2) is 0 Å². The quantitative estimate of drug-likeness (QED) is 0.552. The van der Waals surface area contributed by atoms with Crippen LogP contribution in [0.1, 0.15) is 42.9 Å². The van der Waals surface area contributed by atoms with E-state index in [1.165, 1.54) is 5.56 Å². The van der Waals surface area contributed by atoms with Gasteiger partial charge in [-0.25, -0.2) is 0 Å². The van der Waals surface area contributed by atoms with Gasteiger partial charge in [-0.3, -0.25) is 14.8 Å². The highest BCUT2D eigenvalue weighted by Gasteiger charge is 2.27. The summed E-state index contributed by atoms with van der Waals surface area (Å²) >= 11 is 0. The van der Waals surface area contributed by atoms with E-state index in [0.29, 0.717) is 13.0 Å². The van der Waals surface area contributed by atoms with Gasteiger partial charge in [0, 0.05) is 43.4 Å². The second-order valence-electron chi connectivity index (χ2n) is 8.04. The Morgan fingerprint density at radius 2 is 1.94 bits per heavy atom. The van der Waals surface area contributed by atoms with E-state index in [-0.39, 0.29) is 11.8 Å². The van der Waals surface area contributed by atoms with Crippen molar-refractivity contribution in [1.82, 2.24) is 14.9 Å². The molecular weight excluding hydrogens is 386 g/mol. The van der Waals surface area contributed by atoms with Gasteiger partial charge in [0.2, 0.25) is 5.91 Å². The summed E-state index contributed by atoms with van der Waals surface area (Å²) in [5.74, 6) is 1.24. The molecule has 5 heteroatoms. The molecule has 1 saturated heterocycles. The molecule has 2 aromatic carbocycles. The van der Waals surface area contributed by atoms with E-state index in [4.69, 9.17) is 4.74 Å². The fourth-order valence-electron chi connectivity index (χ4n) is 4.31. The summed E-state index contributed by atoms with van der Waals surface area (Å²) < 4.78 is 5.38. The molecular formula is C26H29N3O2. The number of aromatic nitrogens is 2. The molecule has 1 aromatic heterocycles. The molecule has 2 heterocycles. The lowest BCUT2D eigenvalue weighted by Gasteiger charge is -2.33. The van der Waals surface area contributed by atoms with Crippen LogP contribution in [0.2, 0.25) is 0 Å². The molecule has 3 aromatic rings. The zero-order valence-corrected chi connectivity index (χ0v) is 18.0. The van der Waals surface area contributed by atoms with Crippen molar-refractivity contribution < 1.29 is 9.53 Å². The lowest BCUT2D eigenvalue weighted by molar-refractivity contribution is -0.132. The van der Waals surface area contributed by atoms with E-state index in [9.17, 15) is 4.79 Å². The number of carbonyl (C=O) groups excluding carboxylic acids is 1. The van der Waals surface area contributed by atoms with E-state index in [0.717, 1.165) is 54.9 Å². The zero-order chi connectivity index (χ0) is 21.5. The van der Waals surface area contributed by atoms with Crippen LogP contribution in [-0.4, -0.2) is 41.0 Å². The summed E-state index contributed by atoms with van der Waals surface area (Å²) in [6.07, 6.45) is 7.89. The summed E-state index contributed by atoms with van der Waals surface area (Å²) in [5.41, 5.74) is 4.13. The first-order valence-electron chi connectivity index (χ1n) is 11.0. The number of benzene rings is 2. The summed E-state index contributed by atoms with van der Waals surface area (Å²) in [4.78, 5) is 24.2. The Balaban J connectivity index is 1.43. The zero-order valence-electron chi connectivity index (χ0n) is 18.0. The number of methoxy groups -OCH3 is 1. The summed E-state index contributed by atoms with van der Waals surface area (Å²) in [6, 6.07) is 18.3. The normalized spacial score (nSPS) is 16.2. The summed E-state index contributed by atoms with van der Waals surface area (Å²) in [5, 5.41) is 0. The molecule has 1 atom stereocenters. The molecule has 4 rings (SSSR count). The van der Waals surface area contributed by atoms with E-state index < -0.39 is 0 Å². The second kappa shape index (κ2) is 10.2. The maximum absolute atomic E-state index is 12.9. The van der Waals surface area contributed by atoms with Crippen LogP contribution < -0.4 is 4.74 Å². The Morgan fingerprint density at radius 3 is 2.77 bits per heavy atom. The first-order valence-corrected chi connectivity index (χ1v) is 11.0. The van der Waals surface area contributed by atoms with Crippen LogP contribution in [0.5, 0.6) is 5.75 Å². The lowest BCUT2D eigenvalue weighted by Crippen LogP contribution is -2.39. The second-order valence-corrected chi connectivity index (χ2v) is 8.04. The monoisotopic (exact) mass is 415 g/mol. The molecule has 1 aliphatic heterocycles. The van der Waals surface area contributed by atoms with Gasteiger partial charge in [0.05, 0.1) is 18.5 Å². The van der Waals surface area contributed by atoms with Gasteiger partial charge in [-0.1, -0.05) is 42.5 Å². The van der Waals surface area contributed by atoms with Crippen LogP contribution in [-0.2, 0) is 11.2 Å². The maximum atomic E-state index is 12.9. The predicted octanol–water partition coefficient (Wildman–Crippen LogP) is 4.88. The first-order chi connectivity index (χ1) is 15.2. The number of aryl methyl sites for hydroxylation is 1. The van der Waals surface area contributed by atoms with Crippen LogP contribution in [0.15, 0.2) is 67.0 Å². The molecule has 5 nitrogen and oxygen atoms in total. The van der Waals surface area contributed by atoms with Crippen LogP contribution in [0.3, 0.4) is 0 Å². The van der Waals surface area contributed by atoms with E-state index in [2.05, 4.69) is 22.1 Å². The van der Waals surface area contributed by atoms with Crippen molar-refractivity contribution in [1.29, 1.82) is 0 Å². The molecule has 0 aliphatic carbocycles. The van der Waals surface area contributed by atoms with Crippen LogP contribution in [0.4, 0.5) is 0 Å². The van der Waals surface area contributed by atoms with Gasteiger partial charge in [-0.2, -0.15) is 0 Å². The highest BCUT2D eigenvalue weighted by molar-refractivity contribution is 5.76. The van der Waals surface area contributed by atoms with Gasteiger partial charge >= 0.3 is 0 Å². The molecule has 0 bridgehead atoms. The molecule has 1 amide bonds. The van der Waals surface area contributed by atoms with Gasteiger partial charge < -0.3 is 9.64 Å². The average molecular weight is 416 g/mol. The fourth-order valence-corrected chi connectivity index (χ4v) is 4.31. The van der Waals surface area contributed by atoms with Gasteiger partial charge in [-0.05, 0) is 43.4 Å². The van der Waals surface area contributed by atoms with Crippen LogP contribution >= 0.6 is 0 Å². The third-order valence-corrected chi connectivity index (χ3v) is 5.93. The maximum Gasteiger partial charge on any atom is 0.222 e. The number of likely N-dealkylation sites (tertiary alicyclic amines) is 1. The highest BCUT2D eigenvalue weighted by Crippen LogP contribution is 2.33. The molecule has 0 N–H and O–H groups in total. The van der Waals surface area contributed by atoms with Crippen LogP contribution in [0.25, 0.3) is 11.3 Å². The lowest BCUT2D eigenvalue weighted by atomic mass is 9.91. The minimum Gasteiger partial charge on any atom is -0.497 e. The Labute approximate surface area is 184 Å². The van der Waals surface area contributed by atoms with Gasteiger partial charge in [-0.15, -0.1) is 0 Å². The molecule has 0 unspecified atom stereocenters. The van der Waals surface area contributed by atoms with Crippen molar-refractivity contribution in [2.45, 2.75) is 38.0 Å². The summed E-state index contributed by atoms with van der Waals surface area (Å²) in [7, 11) is 1.67. The smallest absolute Gasteiger partial charge is 0.222 e. The third kappa shape index (κ3) is 5.29. The average Bonchev–Trinajstić information content (AvgIpc) is 2.85. The number of hydrogen-bond donors (Lipinski definition) is 0. The largest absolute Gasteiger partial charge is 0.497 e. The molecule has 0 radical (unpaired) electrons. The highest BCUT2D eigenvalue weighted by atomic mass is 16.5. The topological polar surface area (TPSA) is 55.3 Å². The predicted molar refractivity (Wildman–Crippen MR) is 122 cm³/mol. The molecule has 1 aliphatic rings. The summed E-state index contributed by atoms with van der Waals surface area (Å²) in [6.45, 7) is 1.54. The number of rotatable bonds is 7. The van der Waals surface area contributed by atoms with E-state index >= 15 is 0 Å². The Hall–Kier alpha value is -3.21. The first kappa shape index (κ1) is 21.0. The SMILES string of the molecule is COc1cccc(-c2nccnc2[C@H]2CCCN(C(=O)CCCc3ccccc3)C2)c1. The Bertz CT molecular complexity index is 1010. The number of carbonyl (C=O) groups is 1. The van der Waals surface area contributed by atoms with Gasteiger partial charge in [0.25, 0.3) is 0 Å². The fraction of sp³-hybridized carbons (Fsp3) is 0.346. The number of hydrogen-bond acceptors (Lipinski definition) is 4. The van der Waals surface area contributed by atoms with Crippen molar-refractivity contribution in [2.75, 3.05) is 20.2 Å². The van der Waals surface area contributed by atoms with E-state index in [1.807, 2.05) is 47.4 Å². The Kier molecular flexibility index (Phi) is 6.92. The minimum absolute atomic E-state index is 0.196. The minimum atomic E-state index is 0.196. The molecule has 0 spiro atoms. The van der Waals surface area contributed by atoms with Crippen molar-refractivity contribution in [3.8, 4) is 17.0 Å². The van der Waals surface area contributed by atoms with Crippen molar-refractivity contribution in [3.63, 3.8) is 0 Å². The third-order valence-electron chi connectivity index (χ3n) is 5.93. The van der Waals surface area contributed by atoms with E-state index in [1.54, 1.807) is 19.5 Å². The van der Waals surface area contributed by atoms with Crippen molar-refractivity contribution in [3.05, 3.63) is 78.2 Å². The number of piperidine rings is 1. The number of amides is 1. The van der Waals surface area contributed by atoms with Crippen molar-refractivity contribution in [2.24, 2.45) is 0 Å². The molecule has 160 valence electrons. The number of nitrogens with zero attached hydrogens (tertiary/aromatic N) is 3. The molecule has 0 saturated carbocycles. The Morgan fingerprint density at radius 1 is 1.10 bits per heavy atom.